The van der Waals surface area contributed by atoms with Crippen LogP contribution < -0.4 is 10.9 Å². The molecule has 0 aromatic carbocycles. The first-order valence-electron chi connectivity index (χ1n) is 6.23. The van der Waals surface area contributed by atoms with Crippen LogP contribution in [-0.4, -0.2) is 15.0 Å². The van der Waals surface area contributed by atoms with Gasteiger partial charge in [-0.15, -0.1) is 11.3 Å². The van der Waals surface area contributed by atoms with Gasteiger partial charge in [0.15, 0.2) is 0 Å². The van der Waals surface area contributed by atoms with E-state index in [4.69, 9.17) is 4.42 Å². The number of fused-ring (bicyclic) bond motifs is 1. The molecular formula is C13H14N4O2S. The molecule has 2 N–H and O–H groups in total. The average Bonchev–Trinajstić information content (AvgIpc) is 2.98. The minimum Gasteiger partial charge on any atom is -0.444 e. The molecule has 6 nitrogen and oxygen atoms in total. The maximum atomic E-state index is 11.8. The van der Waals surface area contributed by atoms with Crippen LogP contribution in [0.1, 0.15) is 23.2 Å². The summed E-state index contributed by atoms with van der Waals surface area (Å²) in [6.07, 6.45) is 0. The molecule has 0 spiro atoms. The van der Waals surface area contributed by atoms with Gasteiger partial charge in [0.25, 0.3) is 5.56 Å². The summed E-state index contributed by atoms with van der Waals surface area (Å²) in [6, 6.07) is 1.85. The number of aryl methyl sites for hydroxylation is 2. The minimum absolute atomic E-state index is 0.0930. The van der Waals surface area contributed by atoms with Crippen molar-refractivity contribution in [1.82, 2.24) is 20.3 Å². The van der Waals surface area contributed by atoms with Gasteiger partial charge >= 0.3 is 0 Å². The molecule has 3 rings (SSSR count). The molecule has 0 atom stereocenters. The average molecular weight is 290 g/mol. The van der Waals surface area contributed by atoms with Gasteiger partial charge in [-0.25, -0.2) is 9.97 Å². The third-order valence-electron chi connectivity index (χ3n) is 3.01. The van der Waals surface area contributed by atoms with Gasteiger partial charge in [-0.3, -0.25) is 4.79 Å². The van der Waals surface area contributed by atoms with Gasteiger partial charge in [0.2, 0.25) is 5.89 Å². The fourth-order valence-electron chi connectivity index (χ4n) is 1.91. The molecule has 104 valence electrons. The van der Waals surface area contributed by atoms with Crippen LogP contribution in [0.5, 0.6) is 0 Å². The van der Waals surface area contributed by atoms with Crippen molar-refractivity contribution in [2.75, 3.05) is 0 Å². The Bertz CT molecular complexity index is 783. The third-order valence-corrected chi connectivity index (χ3v) is 3.91. The molecule has 7 heteroatoms. The van der Waals surface area contributed by atoms with Gasteiger partial charge in [-0.05, 0) is 25.3 Å². The van der Waals surface area contributed by atoms with Gasteiger partial charge < -0.3 is 14.7 Å². The Kier molecular flexibility index (Phi) is 3.37. The predicted molar refractivity (Wildman–Crippen MR) is 76.8 cm³/mol. The second kappa shape index (κ2) is 5.18. The highest BCUT2D eigenvalue weighted by Crippen LogP contribution is 2.13. The summed E-state index contributed by atoms with van der Waals surface area (Å²) in [5, 5.41) is 5.02. The first kappa shape index (κ1) is 13.0. The Hall–Kier alpha value is -1.99. The fraction of sp³-hybridized carbons (Fsp3) is 0.308. The van der Waals surface area contributed by atoms with Crippen LogP contribution in [0.2, 0.25) is 0 Å². The Morgan fingerprint density at radius 3 is 2.95 bits per heavy atom. The van der Waals surface area contributed by atoms with Crippen molar-refractivity contribution in [3.05, 3.63) is 45.0 Å². The van der Waals surface area contributed by atoms with E-state index in [-0.39, 0.29) is 5.56 Å². The molecule has 0 aliphatic rings. The molecule has 0 bridgehead atoms. The smallest absolute Gasteiger partial charge is 0.268 e. The van der Waals surface area contributed by atoms with Crippen molar-refractivity contribution < 1.29 is 4.42 Å². The maximum Gasteiger partial charge on any atom is 0.268 e. The zero-order chi connectivity index (χ0) is 14.1. The molecule has 0 radical (unpaired) electrons. The van der Waals surface area contributed by atoms with Gasteiger partial charge in [-0.1, -0.05) is 0 Å². The van der Waals surface area contributed by atoms with Gasteiger partial charge in [0.05, 0.1) is 24.3 Å². The van der Waals surface area contributed by atoms with Crippen molar-refractivity contribution in [3.8, 4) is 0 Å². The monoisotopic (exact) mass is 290 g/mol. The Balaban J connectivity index is 1.69. The Morgan fingerprint density at radius 2 is 2.20 bits per heavy atom. The Labute approximate surface area is 118 Å². The van der Waals surface area contributed by atoms with E-state index in [0.29, 0.717) is 29.5 Å². The molecule has 3 aromatic rings. The summed E-state index contributed by atoms with van der Waals surface area (Å²) in [4.78, 5) is 23.2. The van der Waals surface area contributed by atoms with Gasteiger partial charge in [0.1, 0.15) is 16.3 Å². The van der Waals surface area contributed by atoms with Gasteiger partial charge in [0, 0.05) is 0 Å². The summed E-state index contributed by atoms with van der Waals surface area (Å²) in [6.45, 7) is 4.75. The van der Waals surface area contributed by atoms with Crippen molar-refractivity contribution in [1.29, 1.82) is 0 Å². The highest BCUT2D eigenvalue weighted by molar-refractivity contribution is 7.17. The molecule has 3 heterocycles. The number of hydrogen-bond donors (Lipinski definition) is 2. The number of H-pyrrole nitrogens is 1. The van der Waals surface area contributed by atoms with E-state index < -0.39 is 0 Å². The lowest BCUT2D eigenvalue weighted by molar-refractivity contribution is 0.447. The molecule has 0 unspecified atom stereocenters. The van der Waals surface area contributed by atoms with E-state index in [2.05, 4.69) is 20.3 Å². The number of nitrogens with one attached hydrogen (secondary N) is 2. The highest BCUT2D eigenvalue weighted by Gasteiger charge is 2.07. The number of nitrogens with zero attached hydrogens (tertiary/aromatic N) is 2. The number of oxazole rings is 1. The molecule has 0 aliphatic heterocycles. The summed E-state index contributed by atoms with van der Waals surface area (Å²) in [5.74, 6) is 2.08. The zero-order valence-corrected chi connectivity index (χ0v) is 12.0. The SMILES string of the molecule is Cc1nc(CNCc2nc3ccsc3c(=O)[nH]2)oc1C. The summed E-state index contributed by atoms with van der Waals surface area (Å²) in [5.41, 5.74) is 1.54. The number of aromatic amines is 1. The van der Waals surface area contributed by atoms with Crippen LogP contribution in [0, 0.1) is 13.8 Å². The first-order chi connectivity index (χ1) is 9.63. The van der Waals surface area contributed by atoms with Crippen molar-refractivity contribution in [3.63, 3.8) is 0 Å². The van der Waals surface area contributed by atoms with Crippen LogP contribution in [0.4, 0.5) is 0 Å². The molecular weight excluding hydrogens is 276 g/mol. The van der Waals surface area contributed by atoms with E-state index in [1.54, 1.807) is 0 Å². The topological polar surface area (TPSA) is 83.8 Å². The maximum absolute atomic E-state index is 11.8. The van der Waals surface area contributed by atoms with E-state index in [1.807, 2.05) is 25.3 Å². The first-order valence-corrected chi connectivity index (χ1v) is 7.11. The lowest BCUT2D eigenvalue weighted by atomic mass is 10.4. The van der Waals surface area contributed by atoms with Crippen molar-refractivity contribution in [2.45, 2.75) is 26.9 Å². The van der Waals surface area contributed by atoms with E-state index in [0.717, 1.165) is 17.0 Å². The second-order valence-corrected chi connectivity index (χ2v) is 5.42. The normalized spacial score (nSPS) is 11.3. The lowest BCUT2D eigenvalue weighted by Gasteiger charge is -2.02. The molecule has 0 amide bonds. The molecule has 0 saturated heterocycles. The van der Waals surface area contributed by atoms with Crippen molar-refractivity contribution >= 4 is 21.6 Å². The van der Waals surface area contributed by atoms with E-state index in [1.165, 1.54) is 11.3 Å². The quantitative estimate of drug-likeness (QED) is 0.766. The van der Waals surface area contributed by atoms with Crippen molar-refractivity contribution in [2.24, 2.45) is 0 Å². The van der Waals surface area contributed by atoms with E-state index >= 15 is 0 Å². The molecule has 0 fully saturated rings. The van der Waals surface area contributed by atoms with Crippen LogP contribution in [0.15, 0.2) is 20.7 Å². The Morgan fingerprint density at radius 1 is 1.35 bits per heavy atom. The van der Waals surface area contributed by atoms with Crippen LogP contribution in [0.3, 0.4) is 0 Å². The lowest BCUT2D eigenvalue weighted by Crippen LogP contribution is -2.18. The molecule has 0 aliphatic carbocycles. The molecule has 0 saturated carbocycles. The van der Waals surface area contributed by atoms with Crippen LogP contribution in [-0.2, 0) is 13.1 Å². The predicted octanol–water partition coefficient (Wildman–Crippen LogP) is 1.88. The highest BCUT2D eigenvalue weighted by atomic mass is 32.1. The standard InChI is InChI=1S/C13H14N4O2S/c1-7-8(2)19-11(15-7)6-14-5-10-16-9-3-4-20-12(9)13(18)17-10/h3-4,14H,5-6H2,1-2H3,(H,16,17,18). The van der Waals surface area contributed by atoms with Crippen LogP contribution >= 0.6 is 11.3 Å². The van der Waals surface area contributed by atoms with E-state index in [9.17, 15) is 4.79 Å². The zero-order valence-electron chi connectivity index (χ0n) is 11.2. The number of rotatable bonds is 4. The van der Waals surface area contributed by atoms with Gasteiger partial charge in [-0.2, -0.15) is 0 Å². The second-order valence-electron chi connectivity index (χ2n) is 4.50. The molecule has 3 aromatic heterocycles. The largest absolute Gasteiger partial charge is 0.444 e. The summed E-state index contributed by atoms with van der Waals surface area (Å²) in [7, 11) is 0. The fourth-order valence-corrected chi connectivity index (χ4v) is 2.63. The third kappa shape index (κ3) is 2.50. The minimum atomic E-state index is -0.0930. The number of hydrogen-bond acceptors (Lipinski definition) is 6. The number of aromatic nitrogens is 3. The number of thiophene rings is 1. The van der Waals surface area contributed by atoms with Crippen LogP contribution in [0.25, 0.3) is 10.2 Å². The summed E-state index contributed by atoms with van der Waals surface area (Å²) < 4.78 is 6.13. The summed E-state index contributed by atoms with van der Waals surface area (Å²) >= 11 is 1.40. The molecule has 20 heavy (non-hydrogen) atoms.